The fourth-order valence-electron chi connectivity index (χ4n) is 4.52. The topological polar surface area (TPSA) is 135 Å². The number of nitrogen functional groups attached to an aromatic ring is 1. The van der Waals surface area contributed by atoms with Gasteiger partial charge in [0, 0.05) is 29.4 Å². The Labute approximate surface area is 200 Å². The predicted octanol–water partition coefficient (Wildman–Crippen LogP) is 3.35. The Morgan fingerprint density at radius 2 is 1.97 bits per heavy atom. The zero-order valence-electron chi connectivity index (χ0n) is 18.7. The Bertz CT molecular complexity index is 1550. The lowest BCUT2D eigenvalue weighted by Crippen LogP contribution is -2.23. The van der Waals surface area contributed by atoms with Gasteiger partial charge in [-0.05, 0) is 17.7 Å². The average molecular weight is 466 g/mol. The second-order valence-corrected chi connectivity index (χ2v) is 8.66. The summed E-state index contributed by atoms with van der Waals surface area (Å²) < 4.78 is 1.80. The normalized spacial score (nSPS) is 17.4. The molecule has 0 radical (unpaired) electrons. The third kappa shape index (κ3) is 3.81. The summed E-state index contributed by atoms with van der Waals surface area (Å²) in [5.74, 6) is 0.195. The van der Waals surface area contributed by atoms with Gasteiger partial charge >= 0.3 is 0 Å². The Morgan fingerprint density at radius 3 is 2.74 bits per heavy atom. The van der Waals surface area contributed by atoms with Gasteiger partial charge in [-0.25, -0.2) is 14.6 Å². The van der Waals surface area contributed by atoms with Gasteiger partial charge in [-0.3, -0.25) is 4.79 Å². The first-order valence-corrected chi connectivity index (χ1v) is 11.4. The van der Waals surface area contributed by atoms with E-state index in [0.717, 1.165) is 22.0 Å². The van der Waals surface area contributed by atoms with Crippen LogP contribution in [-0.4, -0.2) is 41.9 Å². The number of para-hydroxylation sites is 1. The van der Waals surface area contributed by atoms with Crippen LogP contribution in [0.15, 0.2) is 73.1 Å². The van der Waals surface area contributed by atoms with Gasteiger partial charge in [-0.15, -0.1) is 0 Å². The molecule has 2 unspecified atom stereocenters. The van der Waals surface area contributed by atoms with Crippen molar-refractivity contribution in [3.05, 3.63) is 84.3 Å². The van der Waals surface area contributed by atoms with Gasteiger partial charge < -0.3 is 21.1 Å². The number of nitrogens with one attached hydrogen (secondary N) is 2. The maximum absolute atomic E-state index is 12.6. The smallest absolute Gasteiger partial charge is 0.267 e. The van der Waals surface area contributed by atoms with Crippen molar-refractivity contribution in [1.29, 1.82) is 0 Å². The molecular formula is C26H23N7O2. The molecule has 5 aromatic rings. The van der Waals surface area contributed by atoms with Gasteiger partial charge in [0.1, 0.15) is 23.5 Å². The van der Waals surface area contributed by atoms with Crippen LogP contribution in [0.25, 0.3) is 33.2 Å². The zero-order valence-corrected chi connectivity index (χ0v) is 18.7. The van der Waals surface area contributed by atoms with Crippen molar-refractivity contribution in [1.82, 2.24) is 30.0 Å². The van der Waals surface area contributed by atoms with Gasteiger partial charge in [0.2, 0.25) is 0 Å². The third-order valence-electron chi connectivity index (χ3n) is 6.33. The minimum absolute atomic E-state index is 0.102. The summed E-state index contributed by atoms with van der Waals surface area (Å²) in [7, 11) is 0. The van der Waals surface area contributed by atoms with Gasteiger partial charge in [0.25, 0.3) is 5.91 Å². The molecule has 0 saturated heterocycles. The van der Waals surface area contributed by atoms with Crippen molar-refractivity contribution >= 4 is 33.7 Å². The first-order valence-electron chi connectivity index (χ1n) is 11.4. The van der Waals surface area contributed by atoms with Crippen LogP contribution in [0, 0.1) is 0 Å². The SMILES string of the molecule is Nc1ncnc2c1c(-c1ccc(CNC(=O)c3cc4ccccc4[nH]3)cc1)nn2C1C=CC(O)C1. The lowest BCUT2D eigenvalue weighted by Gasteiger charge is -2.10. The van der Waals surface area contributed by atoms with Crippen molar-refractivity contribution in [2.45, 2.75) is 25.1 Å². The van der Waals surface area contributed by atoms with Gasteiger partial charge in [-0.2, -0.15) is 5.10 Å². The molecule has 1 aliphatic carbocycles. The van der Waals surface area contributed by atoms with Gasteiger partial charge in [-0.1, -0.05) is 54.6 Å². The van der Waals surface area contributed by atoms with Crippen molar-refractivity contribution in [3.8, 4) is 11.3 Å². The van der Waals surface area contributed by atoms with Crippen LogP contribution >= 0.6 is 0 Å². The molecule has 0 bridgehead atoms. The van der Waals surface area contributed by atoms with E-state index in [1.54, 1.807) is 10.8 Å². The number of benzene rings is 2. The molecule has 0 saturated carbocycles. The molecule has 0 fully saturated rings. The molecular weight excluding hydrogens is 442 g/mol. The number of aromatic nitrogens is 5. The van der Waals surface area contributed by atoms with Crippen molar-refractivity contribution in [3.63, 3.8) is 0 Å². The summed E-state index contributed by atoms with van der Waals surface area (Å²) in [5.41, 5.74) is 10.8. The number of allylic oxidation sites excluding steroid dienone is 1. The van der Waals surface area contributed by atoms with Crippen LogP contribution in [0.1, 0.15) is 28.5 Å². The number of hydrogen-bond donors (Lipinski definition) is 4. The summed E-state index contributed by atoms with van der Waals surface area (Å²) in [4.78, 5) is 24.3. The Hall–Kier alpha value is -4.50. The van der Waals surface area contributed by atoms with E-state index in [9.17, 15) is 9.90 Å². The molecule has 2 aromatic carbocycles. The number of carbonyl (C=O) groups excluding carboxylic acids is 1. The summed E-state index contributed by atoms with van der Waals surface area (Å²) >= 11 is 0. The highest BCUT2D eigenvalue weighted by Crippen LogP contribution is 2.34. The molecule has 5 N–H and O–H groups in total. The highest BCUT2D eigenvalue weighted by atomic mass is 16.3. The van der Waals surface area contributed by atoms with Crippen LogP contribution in [0.2, 0.25) is 0 Å². The number of nitrogens with two attached hydrogens (primary N) is 1. The Kier molecular flexibility index (Phi) is 5.04. The Balaban J connectivity index is 1.24. The summed E-state index contributed by atoms with van der Waals surface area (Å²) in [6.45, 7) is 0.389. The molecule has 174 valence electrons. The average Bonchev–Trinajstić information content (AvgIpc) is 3.59. The van der Waals surface area contributed by atoms with E-state index in [-0.39, 0.29) is 11.9 Å². The van der Waals surface area contributed by atoms with Crippen LogP contribution in [0.5, 0.6) is 0 Å². The van der Waals surface area contributed by atoms with E-state index in [2.05, 4.69) is 20.3 Å². The fraction of sp³-hybridized carbons (Fsp3) is 0.154. The van der Waals surface area contributed by atoms with E-state index < -0.39 is 6.10 Å². The van der Waals surface area contributed by atoms with Crippen LogP contribution in [0.3, 0.4) is 0 Å². The molecule has 1 aliphatic rings. The van der Waals surface area contributed by atoms with Crippen molar-refractivity contribution in [2.75, 3.05) is 5.73 Å². The Morgan fingerprint density at radius 1 is 1.14 bits per heavy atom. The van der Waals surface area contributed by atoms with Crippen molar-refractivity contribution < 1.29 is 9.90 Å². The molecule has 0 spiro atoms. The molecule has 0 aliphatic heterocycles. The zero-order chi connectivity index (χ0) is 23.9. The highest BCUT2D eigenvalue weighted by Gasteiger charge is 2.25. The second-order valence-electron chi connectivity index (χ2n) is 8.66. The monoisotopic (exact) mass is 465 g/mol. The predicted molar refractivity (Wildman–Crippen MR) is 133 cm³/mol. The van der Waals surface area contributed by atoms with E-state index in [1.807, 2.05) is 60.7 Å². The maximum Gasteiger partial charge on any atom is 0.267 e. The number of rotatable bonds is 5. The van der Waals surface area contributed by atoms with Crippen LogP contribution < -0.4 is 11.1 Å². The van der Waals surface area contributed by atoms with Gasteiger partial charge in [0.05, 0.1) is 17.5 Å². The quantitative estimate of drug-likeness (QED) is 0.294. The number of amides is 1. The fourth-order valence-corrected chi connectivity index (χ4v) is 4.52. The third-order valence-corrected chi connectivity index (χ3v) is 6.33. The first-order chi connectivity index (χ1) is 17.1. The number of aliphatic hydroxyl groups excluding tert-OH is 1. The lowest BCUT2D eigenvalue weighted by molar-refractivity contribution is 0.0946. The summed E-state index contributed by atoms with van der Waals surface area (Å²) in [5, 5.41) is 19.4. The highest BCUT2D eigenvalue weighted by molar-refractivity contribution is 5.99. The van der Waals surface area contributed by atoms with E-state index in [0.29, 0.717) is 41.2 Å². The number of fused-ring (bicyclic) bond motifs is 2. The molecule has 6 rings (SSSR count). The van der Waals surface area contributed by atoms with E-state index >= 15 is 0 Å². The molecule has 3 aromatic heterocycles. The lowest BCUT2D eigenvalue weighted by atomic mass is 10.1. The summed E-state index contributed by atoms with van der Waals surface area (Å²) in [6.07, 6.45) is 5.16. The standard InChI is InChI=1S/C26H23N7O2/c27-24-22-23(32-33(25(22)30-14-29-24)18-9-10-19(34)12-18)16-7-5-15(6-8-16)13-28-26(35)21-11-17-3-1-2-4-20(17)31-21/h1-11,14,18-19,31,34H,12-13H2,(H,28,35)(H2,27,29,30). The second kappa shape index (κ2) is 8.37. The number of anilines is 1. The number of hydrogen-bond acceptors (Lipinski definition) is 6. The molecule has 1 amide bonds. The molecule has 9 heteroatoms. The number of carbonyl (C=O) groups is 1. The van der Waals surface area contributed by atoms with Crippen LogP contribution in [-0.2, 0) is 6.54 Å². The molecule has 2 atom stereocenters. The molecule has 35 heavy (non-hydrogen) atoms. The summed E-state index contributed by atoms with van der Waals surface area (Å²) in [6, 6.07) is 17.3. The largest absolute Gasteiger partial charge is 0.389 e. The molecule has 3 heterocycles. The minimum atomic E-state index is -0.499. The molecule has 9 nitrogen and oxygen atoms in total. The minimum Gasteiger partial charge on any atom is -0.389 e. The number of aliphatic hydroxyl groups is 1. The number of aromatic amines is 1. The van der Waals surface area contributed by atoms with Crippen molar-refractivity contribution in [2.24, 2.45) is 0 Å². The number of H-pyrrole nitrogens is 1. The maximum atomic E-state index is 12.6. The number of nitrogens with zero attached hydrogens (tertiary/aromatic N) is 4. The van der Waals surface area contributed by atoms with E-state index in [4.69, 9.17) is 10.8 Å². The van der Waals surface area contributed by atoms with E-state index in [1.165, 1.54) is 6.33 Å². The van der Waals surface area contributed by atoms with Gasteiger partial charge in [0.15, 0.2) is 5.65 Å². The van der Waals surface area contributed by atoms with Crippen LogP contribution in [0.4, 0.5) is 5.82 Å². The first kappa shape index (κ1) is 21.1.